The maximum atomic E-state index is 5.42. The number of hydrogen-bond donors (Lipinski definition) is 1. The molecule has 118 valence electrons. The van der Waals surface area contributed by atoms with Crippen LogP contribution in [-0.4, -0.2) is 37.7 Å². The van der Waals surface area contributed by atoms with Gasteiger partial charge in [0, 0.05) is 12.1 Å². The lowest BCUT2D eigenvalue weighted by Gasteiger charge is -2.32. The van der Waals surface area contributed by atoms with E-state index in [1.807, 2.05) is 0 Å². The number of likely N-dealkylation sites (N-methyl/N-ethyl adjacent to an activating group) is 1. The largest absolute Gasteiger partial charge is 0.497 e. The monoisotopic (exact) mass is 290 g/mol. The Morgan fingerprint density at radius 1 is 1.24 bits per heavy atom. The van der Waals surface area contributed by atoms with Crippen LogP contribution in [0.3, 0.4) is 0 Å². The van der Waals surface area contributed by atoms with Crippen molar-refractivity contribution in [3.63, 3.8) is 0 Å². The lowest BCUT2D eigenvalue weighted by molar-refractivity contribution is 0.174. The third kappa shape index (κ3) is 3.58. The molecule has 1 aromatic carbocycles. The fourth-order valence-corrected chi connectivity index (χ4v) is 3.46. The molecule has 1 aliphatic carbocycles. The Bertz CT molecular complexity index is 447. The van der Waals surface area contributed by atoms with Crippen LogP contribution in [0.15, 0.2) is 18.2 Å². The van der Waals surface area contributed by atoms with Crippen molar-refractivity contribution < 1.29 is 4.74 Å². The van der Waals surface area contributed by atoms with Gasteiger partial charge >= 0.3 is 0 Å². The number of benzene rings is 1. The van der Waals surface area contributed by atoms with E-state index in [4.69, 9.17) is 4.74 Å². The first-order valence-electron chi connectivity index (χ1n) is 8.39. The number of methoxy groups -OCH3 is 1. The summed E-state index contributed by atoms with van der Waals surface area (Å²) in [4.78, 5) is 2.62. The van der Waals surface area contributed by atoms with Crippen LogP contribution >= 0.6 is 0 Å². The molecule has 0 amide bonds. The minimum atomic E-state index is 0.432. The number of nitrogens with zero attached hydrogens (tertiary/aromatic N) is 1. The summed E-state index contributed by atoms with van der Waals surface area (Å²) in [6, 6.07) is 7.57. The van der Waals surface area contributed by atoms with Gasteiger partial charge in [0.05, 0.1) is 7.11 Å². The molecule has 0 saturated heterocycles. The average Bonchev–Trinajstić information content (AvgIpc) is 2.87. The SMILES string of the molecule is CCCNC1c2cc(OC)ccc2CC1N(CC)CCC. The lowest BCUT2D eigenvalue weighted by Crippen LogP contribution is -2.43. The Kier molecular flexibility index (Phi) is 6.07. The van der Waals surface area contributed by atoms with Crippen LogP contribution in [0, 0.1) is 0 Å². The van der Waals surface area contributed by atoms with E-state index in [9.17, 15) is 0 Å². The van der Waals surface area contributed by atoms with Gasteiger partial charge in [-0.15, -0.1) is 0 Å². The van der Waals surface area contributed by atoms with Crippen molar-refractivity contribution in [3.05, 3.63) is 29.3 Å². The van der Waals surface area contributed by atoms with Crippen LogP contribution in [0.2, 0.25) is 0 Å². The highest BCUT2D eigenvalue weighted by atomic mass is 16.5. The van der Waals surface area contributed by atoms with Crippen molar-refractivity contribution in [2.24, 2.45) is 0 Å². The third-order valence-corrected chi connectivity index (χ3v) is 4.50. The van der Waals surface area contributed by atoms with Crippen LogP contribution in [0.5, 0.6) is 5.75 Å². The summed E-state index contributed by atoms with van der Waals surface area (Å²) in [7, 11) is 1.75. The van der Waals surface area contributed by atoms with Gasteiger partial charge < -0.3 is 10.1 Å². The van der Waals surface area contributed by atoms with Crippen LogP contribution in [0.4, 0.5) is 0 Å². The van der Waals surface area contributed by atoms with Crippen molar-refractivity contribution >= 4 is 0 Å². The standard InChI is InChI=1S/C18H30N2O/c1-5-10-19-18-16-13-15(21-4)9-8-14(16)12-17(18)20(7-3)11-6-2/h8-9,13,17-19H,5-7,10-12H2,1-4H3. The van der Waals surface area contributed by atoms with E-state index in [1.54, 1.807) is 7.11 Å². The zero-order chi connectivity index (χ0) is 15.2. The quantitative estimate of drug-likeness (QED) is 0.794. The number of nitrogens with one attached hydrogen (secondary N) is 1. The average molecular weight is 290 g/mol. The number of ether oxygens (including phenoxy) is 1. The highest BCUT2D eigenvalue weighted by Crippen LogP contribution is 2.36. The first kappa shape index (κ1) is 16.3. The maximum Gasteiger partial charge on any atom is 0.119 e. The summed E-state index contributed by atoms with van der Waals surface area (Å²) >= 11 is 0. The fraction of sp³-hybridized carbons (Fsp3) is 0.667. The Hall–Kier alpha value is -1.06. The first-order chi connectivity index (χ1) is 10.2. The number of fused-ring (bicyclic) bond motifs is 1. The van der Waals surface area contributed by atoms with Crippen molar-refractivity contribution in [3.8, 4) is 5.75 Å². The van der Waals surface area contributed by atoms with E-state index in [0.29, 0.717) is 12.1 Å². The second-order valence-corrected chi connectivity index (χ2v) is 5.90. The fourth-order valence-electron chi connectivity index (χ4n) is 3.46. The molecule has 0 aliphatic heterocycles. The minimum Gasteiger partial charge on any atom is -0.497 e. The van der Waals surface area contributed by atoms with Crippen LogP contribution < -0.4 is 10.1 Å². The highest BCUT2D eigenvalue weighted by molar-refractivity contribution is 5.42. The topological polar surface area (TPSA) is 24.5 Å². The second kappa shape index (κ2) is 7.81. The van der Waals surface area contributed by atoms with E-state index < -0.39 is 0 Å². The molecule has 0 saturated carbocycles. The molecule has 3 heteroatoms. The van der Waals surface area contributed by atoms with Crippen LogP contribution in [0.1, 0.15) is 50.8 Å². The predicted octanol–water partition coefficient (Wildman–Crippen LogP) is 3.39. The van der Waals surface area contributed by atoms with E-state index >= 15 is 0 Å². The van der Waals surface area contributed by atoms with Crippen LogP contribution in [-0.2, 0) is 6.42 Å². The van der Waals surface area contributed by atoms with E-state index in [1.165, 1.54) is 30.5 Å². The Morgan fingerprint density at radius 3 is 2.67 bits per heavy atom. The van der Waals surface area contributed by atoms with E-state index in [-0.39, 0.29) is 0 Å². The molecular formula is C18H30N2O. The van der Waals surface area contributed by atoms with Crippen molar-refractivity contribution in [2.75, 3.05) is 26.7 Å². The Morgan fingerprint density at radius 2 is 2.05 bits per heavy atom. The molecule has 2 unspecified atom stereocenters. The van der Waals surface area contributed by atoms with Gasteiger partial charge in [-0.25, -0.2) is 0 Å². The molecule has 2 atom stereocenters. The minimum absolute atomic E-state index is 0.432. The van der Waals surface area contributed by atoms with Gasteiger partial charge in [0.25, 0.3) is 0 Å². The molecule has 0 aromatic heterocycles. The molecule has 21 heavy (non-hydrogen) atoms. The summed E-state index contributed by atoms with van der Waals surface area (Å²) in [6.07, 6.45) is 3.53. The lowest BCUT2D eigenvalue weighted by atomic mass is 10.0. The van der Waals surface area contributed by atoms with Gasteiger partial charge in [-0.05, 0) is 62.2 Å². The molecule has 3 nitrogen and oxygen atoms in total. The molecule has 1 N–H and O–H groups in total. The molecule has 0 spiro atoms. The summed E-state index contributed by atoms with van der Waals surface area (Å²) in [5.74, 6) is 0.969. The van der Waals surface area contributed by atoms with Gasteiger partial charge in [-0.2, -0.15) is 0 Å². The van der Waals surface area contributed by atoms with Gasteiger partial charge in [0.15, 0.2) is 0 Å². The molecule has 0 heterocycles. The summed E-state index contributed by atoms with van der Waals surface area (Å²) in [6.45, 7) is 10.1. The number of rotatable bonds is 8. The maximum absolute atomic E-state index is 5.42. The summed E-state index contributed by atoms with van der Waals surface area (Å²) in [5, 5.41) is 3.76. The molecule has 1 aromatic rings. The zero-order valence-corrected chi connectivity index (χ0v) is 14.0. The van der Waals surface area contributed by atoms with E-state index in [0.717, 1.165) is 25.3 Å². The van der Waals surface area contributed by atoms with Crippen molar-refractivity contribution in [2.45, 2.75) is 52.1 Å². The number of hydrogen-bond acceptors (Lipinski definition) is 3. The Balaban J connectivity index is 2.26. The smallest absolute Gasteiger partial charge is 0.119 e. The van der Waals surface area contributed by atoms with Gasteiger partial charge in [-0.1, -0.05) is 26.8 Å². The molecule has 0 radical (unpaired) electrons. The molecule has 0 bridgehead atoms. The zero-order valence-electron chi connectivity index (χ0n) is 14.0. The van der Waals surface area contributed by atoms with Crippen molar-refractivity contribution in [1.29, 1.82) is 0 Å². The van der Waals surface area contributed by atoms with Gasteiger partial charge in [0.2, 0.25) is 0 Å². The van der Waals surface area contributed by atoms with E-state index in [2.05, 4.69) is 49.2 Å². The third-order valence-electron chi connectivity index (χ3n) is 4.50. The summed E-state index contributed by atoms with van der Waals surface area (Å²) in [5.41, 5.74) is 2.91. The van der Waals surface area contributed by atoms with Gasteiger partial charge in [0.1, 0.15) is 5.75 Å². The molecule has 1 aliphatic rings. The molecule has 0 fully saturated rings. The van der Waals surface area contributed by atoms with Crippen LogP contribution in [0.25, 0.3) is 0 Å². The highest BCUT2D eigenvalue weighted by Gasteiger charge is 2.35. The van der Waals surface area contributed by atoms with Crippen molar-refractivity contribution in [1.82, 2.24) is 10.2 Å². The second-order valence-electron chi connectivity index (χ2n) is 5.90. The predicted molar refractivity (Wildman–Crippen MR) is 89.1 cm³/mol. The molecular weight excluding hydrogens is 260 g/mol. The first-order valence-corrected chi connectivity index (χ1v) is 8.39. The normalized spacial score (nSPS) is 20.8. The molecule has 2 rings (SSSR count). The Labute approximate surface area is 129 Å². The summed E-state index contributed by atoms with van der Waals surface area (Å²) < 4.78 is 5.42. The van der Waals surface area contributed by atoms with Gasteiger partial charge in [-0.3, -0.25) is 4.90 Å².